The van der Waals surface area contributed by atoms with Gasteiger partial charge in [0.05, 0.1) is 26.0 Å². The van der Waals surface area contributed by atoms with Crippen LogP contribution in [0.2, 0.25) is 5.02 Å². The van der Waals surface area contributed by atoms with Crippen LogP contribution < -0.4 is 9.47 Å². The lowest BCUT2D eigenvalue weighted by atomic mass is 9.98. The van der Waals surface area contributed by atoms with Gasteiger partial charge in [-0.05, 0) is 23.8 Å². The highest BCUT2D eigenvalue weighted by atomic mass is 35.5. The van der Waals surface area contributed by atoms with E-state index in [1.54, 1.807) is 12.1 Å². The van der Waals surface area contributed by atoms with Gasteiger partial charge < -0.3 is 9.47 Å². The van der Waals surface area contributed by atoms with E-state index in [0.717, 1.165) is 5.56 Å². The lowest BCUT2D eigenvalue weighted by Crippen LogP contribution is -2.34. The minimum Gasteiger partial charge on any atom is -0.496 e. The number of hydrazone groups is 1. The van der Waals surface area contributed by atoms with Gasteiger partial charge in [-0.15, -0.1) is 23.2 Å². The fraction of sp³-hybridized carbons (Fsp3) is 0.391. The summed E-state index contributed by atoms with van der Waals surface area (Å²) in [5.41, 5.74) is 1.78. The molecule has 0 spiro atoms. The summed E-state index contributed by atoms with van der Waals surface area (Å²) in [5.74, 6) is 0.419. The average Bonchev–Trinajstić information content (AvgIpc) is 3.29. The molecule has 0 saturated heterocycles. The number of carbonyl (C=O) groups is 1. The van der Waals surface area contributed by atoms with Crippen LogP contribution in [0.3, 0.4) is 0 Å². The quantitative estimate of drug-likeness (QED) is 0.397. The van der Waals surface area contributed by atoms with Gasteiger partial charge >= 0.3 is 0 Å². The Kier molecular flexibility index (Phi) is 9.28. The molecule has 1 unspecified atom stereocenters. The summed E-state index contributed by atoms with van der Waals surface area (Å²) in [5, 5.41) is 6.49. The number of benzene rings is 2. The van der Waals surface area contributed by atoms with Crippen molar-refractivity contribution >= 4 is 56.4 Å². The number of amides is 1. The normalized spacial score (nSPS) is 15.9. The first-order valence-electron chi connectivity index (χ1n) is 10.7. The van der Waals surface area contributed by atoms with E-state index in [2.05, 4.69) is 5.10 Å². The number of sulfonamides is 1. The summed E-state index contributed by atoms with van der Waals surface area (Å²) in [6.45, 7) is 1.59. The molecule has 1 heterocycles. The second kappa shape index (κ2) is 11.8. The molecule has 0 fully saturated rings. The lowest BCUT2D eigenvalue weighted by Gasteiger charge is -2.22. The van der Waals surface area contributed by atoms with Crippen LogP contribution >= 0.6 is 34.8 Å². The Morgan fingerprint density at radius 3 is 2.20 bits per heavy atom. The zero-order valence-electron chi connectivity index (χ0n) is 19.5. The van der Waals surface area contributed by atoms with E-state index in [-0.39, 0.29) is 47.4 Å². The van der Waals surface area contributed by atoms with Crippen LogP contribution in [0.1, 0.15) is 30.5 Å². The highest BCUT2D eigenvalue weighted by Crippen LogP contribution is 2.39. The molecule has 1 atom stereocenters. The standard InChI is InChI=1S/C23H26Cl3N3O5S/c1-15(30)29-20(16-4-6-17(26)7-5-16)13-19(27-29)18-12-23(22(34-3)14-21(18)33-2)35(31,32)28(10-8-24)11-9-25/h4-7,12,14,20H,8-11,13H2,1-3H3. The van der Waals surface area contributed by atoms with Crippen LogP contribution in [0.25, 0.3) is 0 Å². The number of carbonyl (C=O) groups excluding carboxylic acids is 1. The average molecular weight is 563 g/mol. The van der Waals surface area contributed by atoms with Gasteiger partial charge in [-0.1, -0.05) is 23.7 Å². The van der Waals surface area contributed by atoms with E-state index in [0.29, 0.717) is 28.5 Å². The van der Waals surface area contributed by atoms with Crippen molar-refractivity contribution in [2.45, 2.75) is 24.3 Å². The molecular weight excluding hydrogens is 537 g/mol. The third-order valence-electron chi connectivity index (χ3n) is 5.57. The summed E-state index contributed by atoms with van der Waals surface area (Å²) in [6.07, 6.45) is 0.344. The SMILES string of the molecule is COc1cc(OC)c(S(=O)(=O)N(CCCl)CCCl)cc1C1=NN(C(C)=O)C(c2ccc(Cl)cc2)C1. The summed E-state index contributed by atoms with van der Waals surface area (Å²) in [7, 11) is -1.17. The van der Waals surface area contributed by atoms with Crippen molar-refractivity contribution in [3.8, 4) is 11.5 Å². The first kappa shape index (κ1) is 27.5. The van der Waals surface area contributed by atoms with Crippen molar-refractivity contribution in [3.63, 3.8) is 0 Å². The van der Waals surface area contributed by atoms with E-state index in [4.69, 9.17) is 44.3 Å². The molecule has 3 rings (SSSR count). The van der Waals surface area contributed by atoms with Crippen molar-refractivity contribution in [3.05, 3.63) is 52.5 Å². The zero-order valence-corrected chi connectivity index (χ0v) is 22.6. The van der Waals surface area contributed by atoms with Gasteiger partial charge in [0.15, 0.2) is 0 Å². The highest BCUT2D eigenvalue weighted by Gasteiger charge is 2.35. The van der Waals surface area contributed by atoms with Crippen LogP contribution in [-0.2, 0) is 14.8 Å². The molecule has 8 nitrogen and oxygen atoms in total. The Morgan fingerprint density at radius 2 is 1.69 bits per heavy atom. The second-order valence-electron chi connectivity index (χ2n) is 7.67. The topological polar surface area (TPSA) is 88.5 Å². The monoisotopic (exact) mass is 561 g/mol. The highest BCUT2D eigenvalue weighted by molar-refractivity contribution is 7.89. The summed E-state index contributed by atoms with van der Waals surface area (Å²) >= 11 is 17.7. The first-order valence-corrected chi connectivity index (χ1v) is 13.6. The Morgan fingerprint density at radius 1 is 1.09 bits per heavy atom. The minimum atomic E-state index is -4.01. The predicted molar refractivity (Wildman–Crippen MR) is 138 cm³/mol. The molecule has 1 aliphatic rings. The molecule has 0 radical (unpaired) electrons. The van der Waals surface area contributed by atoms with Crippen LogP contribution in [-0.4, -0.2) is 68.4 Å². The molecule has 0 N–H and O–H groups in total. The molecule has 1 aliphatic heterocycles. The third-order valence-corrected chi connectivity index (χ3v) is 8.08. The van der Waals surface area contributed by atoms with Gasteiger partial charge in [0, 0.05) is 54.8 Å². The van der Waals surface area contributed by atoms with E-state index < -0.39 is 10.0 Å². The molecule has 0 aromatic heterocycles. The maximum absolute atomic E-state index is 13.5. The van der Waals surface area contributed by atoms with Gasteiger partial charge in [-0.2, -0.15) is 9.41 Å². The van der Waals surface area contributed by atoms with Crippen LogP contribution in [0.4, 0.5) is 0 Å². The van der Waals surface area contributed by atoms with Crippen molar-refractivity contribution in [2.24, 2.45) is 5.10 Å². The van der Waals surface area contributed by atoms with E-state index in [1.807, 2.05) is 12.1 Å². The molecule has 2 aromatic rings. The van der Waals surface area contributed by atoms with Crippen molar-refractivity contribution in [2.75, 3.05) is 39.1 Å². The number of nitrogens with zero attached hydrogens (tertiary/aromatic N) is 3. The van der Waals surface area contributed by atoms with Gasteiger partial charge in [0.2, 0.25) is 15.9 Å². The number of methoxy groups -OCH3 is 2. The number of rotatable bonds is 10. The van der Waals surface area contributed by atoms with Crippen molar-refractivity contribution in [1.29, 1.82) is 0 Å². The summed E-state index contributed by atoms with van der Waals surface area (Å²) in [6, 6.07) is 9.73. The largest absolute Gasteiger partial charge is 0.496 e. The molecule has 0 aliphatic carbocycles. The molecule has 0 saturated carbocycles. The predicted octanol–water partition coefficient (Wildman–Crippen LogP) is 4.52. The van der Waals surface area contributed by atoms with Gasteiger partial charge in [-0.25, -0.2) is 13.4 Å². The summed E-state index contributed by atoms with van der Waals surface area (Å²) < 4.78 is 39.2. The molecule has 1 amide bonds. The fourth-order valence-electron chi connectivity index (χ4n) is 3.88. The summed E-state index contributed by atoms with van der Waals surface area (Å²) in [4.78, 5) is 12.3. The number of alkyl halides is 2. The van der Waals surface area contributed by atoms with Crippen LogP contribution in [0.15, 0.2) is 46.4 Å². The van der Waals surface area contributed by atoms with Crippen LogP contribution in [0, 0.1) is 0 Å². The van der Waals surface area contributed by atoms with E-state index >= 15 is 0 Å². The second-order valence-corrected chi connectivity index (χ2v) is 10.8. The molecular formula is C23H26Cl3N3O5S. The zero-order chi connectivity index (χ0) is 25.8. The van der Waals surface area contributed by atoms with E-state index in [9.17, 15) is 13.2 Å². The molecule has 12 heteroatoms. The minimum absolute atomic E-state index is 0.0712. The Balaban J connectivity index is 2.13. The maximum atomic E-state index is 13.5. The van der Waals surface area contributed by atoms with Gasteiger partial charge in [0.25, 0.3) is 0 Å². The van der Waals surface area contributed by atoms with Gasteiger partial charge in [-0.3, -0.25) is 4.79 Å². The van der Waals surface area contributed by atoms with Crippen LogP contribution in [0.5, 0.6) is 11.5 Å². The number of halogens is 3. The van der Waals surface area contributed by atoms with Crippen molar-refractivity contribution in [1.82, 2.24) is 9.31 Å². The number of hydrogen-bond donors (Lipinski definition) is 0. The lowest BCUT2D eigenvalue weighted by molar-refractivity contribution is -0.130. The first-order chi connectivity index (χ1) is 16.7. The number of ether oxygens (including phenoxy) is 2. The molecule has 2 aromatic carbocycles. The Bertz CT molecular complexity index is 1200. The Hall–Kier alpha value is -2.04. The molecule has 190 valence electrons. The Labute approximate surface area is 220 Å². The smallest absolute Gasteiger partial charge is 0.246 e. The molecule has 0 bridgehead atoms. The van der Waals surface area contributed by atoms with E-state index in [1.165, 1.54) is 42.6 Å². The van der Waals surface area contributed by atoms with Gasteiger partial charge in [0.1, 0.15) is 16.4 Å². The number of hydrogen-bond acceptors (Lipinski definition) is 6. The third kappa shape index (κ3) is 5.86. The fourth-order valence-corrected chi connectivity index (χ4v) is 6.22. The van der Waals surface area contributed by atoms with Crippen molar-refractivity contribution < 1.29 is 22.7 Å². The molecule has 35 heavy (non-hydrogen) atoms. The maximum Gasteiger partial charge on any atom is 0.246 e.